The summed E-state index contributed by atoms with van der Waals surface area (Å²) in [5.41, 5.74) is 3.17. The lowest BCUT2D eigenvalue weighted by Gasteiger charge is -2.25. The maximum atomic E-state index is 12.3. The molecule has 0 saturated carbocycles. The molecule has 1 aromatic carbocycles. The van der Waals surface area contributed by atoms with Crippen LogP contribution >= 0.6 is 11.8 Å². The molecule has 1 amide bonds. The highest BCUT2D eigenvalue weighted by Crippen LogP contribution is 2.35. The molecule has 2 heterocycles. The van der Waals surface area contributed by atoms with E-state index in [9.17, 15) is 4.79 Å². The topological polar surface area (TPSA) is 55.1 Å². The zero-order valence-corrected chi connectivity index (χ0v) is 13.7. The molecule has 1 aromatic heterocycles. The summed E-state index contributed by atoms with van der Waals surface area (Å²) in [4.78, 5) is 13.6. The SMILES string of the molecule is Cc1noc(C)c1CCC(=O)N[C@@H]1CCSc2ccccc21. The highest BCUT2D eigenvalue weighted by Gasteiger charge is 2.22. The minimum Gasteiger partial charge on any atom is -0.361 e. The van der Waals surface area contributed by atoms with E-state index in [2.05, 4.69) is 22.6 Å². The third kappa shape index (κ3) is 3.19. The number of rotatable bonds is 4. The van der Waals surface area contributed by atoms with E-state index in [-0.39, 0.29) is 11.9 Å². The summed E-state index contributed by atoms with van der Waals surface area (Å²) in [6.07, 6.45) is 2.13. The van der Waals surface area contributed by atoms with Crippen molar-refractivity contribution in [1.29, 1.82) is 0 Å². The minimum atomic E-state index is 0.0895. The van der Waals surface area contributed by atoms with Crippen molar-refractivity contribution < 1.29 is 9.32 Å². The van der Waals surface area contributed by atoms with E-state index in [1.54, 1.807) is 0 Å². The van der Waals surface area contributed by atoms with Crippen molar-refractivity contribution in [2.24, 2.45) is 0 Å². The monoisotopic (exact) mass is 316 g/mol. The fraction of sp³-hybridized carbons (Fsp3) is 0.412. The molecule has 0 aliphatic carbocycles. The molecule has 0 fully saturated rings. The van der Waals surface area contributed by atoms with E-state index in [1.807, 2.05) is 37.7 Å². The number of thioether (sulfide) groups is 1. The second-order valence-corrected chi connectivity index (χ2v) is 6.73. The van der Waals surface area contributed by atoms with E-state index < -0.39 is 0 Å². The van der Waals surface area contributed by atoms with Gasteiger partial charge >= 0.3 is 0 Å². The summed E-state index contributed by atoms with van der Waals surface area (Å²) < 4.78 is 5.14. The van der Waals surface area contributed by atoms with Gasteiger partial charge in [-0.2, -0.15) is 0 Å². The van der Waals surface area contributed by atoms with E-state index in [0.29, 0.717) is 12.8 Å². The molecule has 116 valence electrons. The Bertz CT molecular complexity index is 662. The van der Waals surface area contributed by atoms with Crippen LogP contribution in [-0.4, -0.2) is 16.8 Å². The number of carbonyl (C=O) groups excluding carboxylic acids is 1. The van der Waals surface area contributed by atoms with Crippen molar-refractivity contribution in [1.82, 2.24) is 10.5 Å². The largest absolute Gasteiger partial charge is 0.361 e. The predicted molar refractivity (Wildman–Crippen MR) is 87.0 cm³/mol. The molecule has 4 nitrogen and oxygen atoms in total. The number of hydrogen-bond donors (Lipinski definition) is 1. The summed E-state index contributed by atoms with van der Waals surface area (Å²) >= 11 is 1.86. The molecule has 0 radical (unpaired) electrons. The van der Waals surface area contributed by atoms with Crippen LogP contribution in [0.2, 0.25) is 0 Å². The Hall–Kier alpha value is -1.75. The molecule has 5 heteroatoms. The molecule has 2 aromatic rings. The quantitative estimate of drug-likeness (QED) is 0.937. The number of benzene rings is 1. The van der Waals surface area contributed by atoms with Crippen molar-refractivity contribution in [3.05, 3.63) is 46.8 Å². The van der Waals surface area contributed by atoms with E-state index >= 15 is 0 Å². The number of amides is 1. The van der Waals surface area contributed by atoms with Crippen LogP contribution in [0.15, 0.2) is 33.7 Å². The minimum absolute atomic E-state index is 0.0895. The summed E-state index contributed by atoms with van der Waals surface area (Å²) in [6, 6.07) is 8.46. The van der Waals surface area contributed by atoms with Crippen LogP contribution in [0.4, 0.5) is 0 Å². The lowest BCUT2D eigenvalue weighted by Crippen LogP contribution is -2.30. The number of aryl methyl sites for hydroxylation is 2. The summed E-state index contributed by atoms with van der Waals surface area (Å²) in [7, 11) is 0. The van der Waals surface area contributed by atoms with Crippen LogP contribution < -0.4 is 5.32 Å². The molecular weight excluding hydrogens is 296 g/mol. The third-order valence-electron chi connectivity index (χ3n) is 4.08. The smallest absolute Gasteiger partial charge is 0.220 e. The van der Waals surface area contributed by atoms with Gasteiger partial charge in [-0.25, -0.2) is 0 Å². The van der Waals surface area contributed by atoms with Crippen LogP contribution in [0.25, 0.3) is 0 Å². The van der Waals surface area contributed by atoms with Gasteiger partial charge in [0, 0.05) is 22.6 Å². The summed E-state index contributed by atoms with van der Waals surface area (Å²) in [5.74, 6) is 1.95. The Kier molecular flexibility index (Phi) is 4.52. The van der Waals surface area contributed by atoms with E-state index in [0.717, 1.165) is 29.2 Å². The Labute approximate surface area is 134 Å². The fourth-order valence-electron chi connectivity index (χ4n) is 2.86. The van der Waals surface area contributed by atoms with Gasteiger partial charge in [0.05, 0.1) is 11.7 Å². The van der Waals surface area contributed by atoms with Crippen LogP contribution in [0.1, 0.15) is 41.5 Å². The molecule has 0 spiro atoms. The number of carbonyl (C=O) groups is 1. The molecule has 1 aliphatic heterocycles. The number of nitrogens with one attached hydrogen (secondary N) is 1. The van der Waals surface area contributed by atoms with Gasteiger partial charge in [-0.3, -0.25) is 4.79 Å². The second-order valence-electron chi connectivity index (χ2n) is 5.60. The Morgan fingerprint density at radius 3 is 3.00 bits per heavy atom. The van der Waals surface area contributed by atoms with Crippen LogP contribution in [0, 0.1) is 13.8 Å². The molecule has 0 bridgehead atoms. The van der Waals surface area contributed by atoms with Crippen molar-refractivity contribution in [3.63, 3.8) is 0 Å². The Balaban J connectivity index is 1.61. The molecule has 1 N–H and O–H groups in total. The lowest BCUT2D eigenvalue weighted by atomic mass is 10.0. The zero-order valence-electron chi connectivity index (χ0n) is 12.9. The average molecular weight is 316 g/mol. The van der Waals surface area contributed by atoms with Gasteiger partial charge < -0.3 is 9.84 Å². The first-order valence-electron chi connectivity index (χ1n) is 7.58. The molecule has 0 saturated heterocycles. The maximum absolute atomic E-state index is 12.3. The first-order valence-corrected chi connectivity index (χ1v) is 8.56. The van der Waals surface area contributed by atoms with Gasteiger partial charge in [0.2, 0.25) is 5.91 Å². The van der Waals surface area contributed by atoms with Gasteiger partial charge in [-0.05, 0) is 38.3 Å². The van der Waals surface area contributed by atoms with Crippen LogP contribution in [0.5, 0.6) is 0 Å². The van der Waals surface area contributed by atoms with Gasteiger partial charge in [-0.15, -0.1) is 11.8 Å². The summed E-state index contributed by atoms with van der Waals surface area (Å²) in [5, 5.41) is 7.10. The van der Waals surface area contributed by atoms with Gasteiger partial charge in [0.15, 0.2) is 0 Å². The number of fused-ring (bicyclic) bond motifs is 1. The predicted octanol–water partition coefficient (Wildman–Crippen LogP) is 3.58. The fourth-order valence-corrected chi connectivity index (χ4v) is 3.98. The summed E-state index contributed by atoms with van der Waals surface area (Å²) in [6.45, 7) is 3.81. The van der Waals surface area contributed by atoms with Crippen molar-refractivity contribution in [2.45, 2.75) is 44.0 Å². The number of aromatic nitrogens is 1. The van der Waals surface area contributed by atoms with Crippen molar-refractivity contribution in [3.8, 4) is 0 Å². The third-order valence-corrected chi connectivity index (χ3v) is 5.20. The van der Waals surface area contributed by atoms with Crippen molar-refractivity contribution in [2.75, 3.05) is 5.75 Å². The Morgan fingerprint density at radius 1 is 1.41 bits per heavy atom. The van der Waals surface area contributed by atoms with Crippen LogP contribution in [0.3, 0.4) is 0 Å². The maximum Gasteiger partial charge on any atom is 0.220 e. The molecular formula is C17H20N2O2S. The number of hydrogen-bond acceptors (Lipinski definition) is 4. The molecule has 1 atom stereocenters. The molecule has 3 rings (SSSR count). The van der Waals surface area contributed by atoms with E-state index in [4.69, 9.17) is 4.52 Å². The average Bonchev–Trinajstić information content (AvgIpc) is 2.84. The first kappa shape index (κ1) is 15.2. The zero-order chi connectivity index (χ0) is 15.5. The molecule has 22 heavy (non-hydrogen) atoms. The lowest BCUT2D eigenvalue weighted by molar-refractivity contribution is -0.121. The standard InChI is InChI=1S/C17H20N2O2S/c1-11-13(12(2)21-19-11)7-8-17(20)18-15-9-10-22-16-6-4-3-5-14(15)16/h3-6,15H,7-10H2,1-2H3,(H,18,20)/t15-/m1/s1. The first-order chi connectivity index (χ1) is 10.6. The second kappa shape index (κ2) is 6.57. The van der Waals surface area contributed by atoms with Crippen molar-refractivity contribution >= 4 is 17.7 Å². The highest BCUT2D eigenvalue weighted by atomic mass is 32.2. The normalized spacial score (nSPS) is 17.1. The molecule has 1 aliphatic rings. The van der Waals surface area contributed by atoms with Gasteiger partial charge in [-0.1, -0.05) is 23.4 Å². The van der Waals surface area contributed by atoms with Gasteiger partial charge in [0.25, 0.3) is 0 Å². The van der Waals surface area contributed by atoms with Gasteiger partial charge in [0.1, 0.15) is 5.76 Å². The van der Waals surface area contributed by atoms with E-state index in [1.165, 1.54) is 10.5 Å². The highest BCUT2D eigenvalue weighted by molar-refractivity contribution is 7.99. The Morgan fingerprint density at radius 2 is 2.23 bits per heavy atom. The van der Waals surface area contributed by atoms with Crippen LogP contribution in [-0.2, 0) is 11.2 Å². The number of nitrogens with zero attached hydrogens (tertiary/aromatic N) is 1. The molecule has 0 unspecified atom stereocenters.